The fraction of sp³-hybridized carbons (Fsp3) is 0.364. The zero-order valence-corrected chi connectivity index (χ0v) is 18.7. The molecular weight excluding hydrogens is 402 g/mol. The number of carbonyl (C=O) groups excluding carboxylic acids is 1. The minimum absolute atomic E-state index is 0.0410. The monoisotopic (exact) mass is 427 g/mol. The van der Waals surface area contributed by atoms with Crippen LogP contribution >= 0.6 is 11.3 Å². The largest absolute Gasteiger partial charge is 0.478 e. The summed E-state index contributed by atoms with van der Waals surface area (Å²) >= 11 is 1.12. The van der Waals surface area contributed by atoms with Crippen molar-refractivity contribution in [3.8, 4) is 0 Å². The Balaban J connectivity index is 2.13. The fourth-order valence-corrected chi connectivity index (χ4v) is 4.59. The highest BCUT2D eigenvalue weighted by Gasteiger charge is 2.26. The molecule has 0 aliphatic rings. The van der Waals surface area contributed by atoms with Gasteiger partial charge in [-0.25, -0.2) is 9.78 Å². The minimum atomic E-state index is -1.19. The molecule has 0 spiro atoms. The second-order valence-corrected chi connectivity index (χ2v) is 8.73. The summed E-state index contributed by atoms with van der Waals surface area (Å²) in [6.07, 6.45) is 0. The Kier molecular flexibility index (Phi) is 5.81. The molecule has 0 saturated heterocycles. The third-order valence-electron chi connectivity index (χ3n) is 5.11. The van der Waals surface area contributed by atoms with Crippen LogP contribution in [0.1, 0.15) is 65.6 Å². The number of fused-ring (bicyclic) bond motifs is 1. The van der Waals surface area contributed by atoms with Gasteiger partial charge in [-0.3, -0.25) is 14.2 Å². The molecule has 0 bridgehead atoms. The number of hydrogen-bond donors (Lipinski definition) is 2. The molecule has 0 saturated carbocycles. The van der Waals surface area contributed by atoms with E-state index in [1.54, 1.807) is 6.92 Å². The van der Waals surface area contributed by atoms with E-state index < -0.39 is 17.6 Å². The number of aromatic carboxylic acids is 1. The van der Waals surface area contributed by atoms with E-state index in [-0.39, 0.29) is 22.8 Å². The Morgan fingerprint density at radius 1 is 1.13 bits per heavy atom. The van der Waals surface area contributed by atoms with Gasteiger partial charge in [0.2, 0.25) is 5.91 Å². The molecule has 1 atom stereocenters. The number of hydrogen-bond acceptors (Lipinski definition) is 5. The van der Waals surface area contributed by atoms with Gasteiger partial charge in [0.1, 0.15) is 16.7 Å². The van der Waals surface area contributed by atoms with Crippen LogP contribution in [0.4, 0.5) is 5.69 Å². The average Bonchev–Trinajstić information content (AvgIpc) is 3.08. The summed E-state index contributed by atoms with van der Waals surface area (Å²) in [6.45, 7) is 11.2. The van der Waals surface area contributed by atoms with Gasteiger partial charge >= 0.3 is 5.97 Å². The second-order valence-electron chi connectivity index (χ2n) is 7.87. The number of aryl methyl sites for hydroxylation is 3. The van der Waals surface area contributed by atoms with Crippen LogP contribution in [0.5, 0.6) is 0 Å². The van der Waals surface area contributed by atoms with Crippen LogP contribution in [0.3, 0.4) is 0 Å². The molecule has 1 amide bonds. The van der Waals surface area contributed by atoms with Gasteiger partial charge in [0, 0.05) is 17.0 Å². The number of nitrogens with one attached hydrogen (secondary N) is 1. The molecule has 3 aromatic rings. The first kappa shape index (κ1) is 21.7. The summed E-state index contributed by atoms with van der Waals surface area (Å²) in [5.74, 6) is -1.23. The quantitative estimate of drug-likeness (QED) is 0.628. The van der Waals surface area contributed by atoms with Crippen molar-refractivity contribution in [3.05, 3.63) is 55.9 Å². The van der Waals surface area contributed by atoms with Crippen molar-refractivity contribution < 1.29 is 14.7 Å². The van der Waals surface area contributed by atoms with Crippen LogP contribution in [0.25, 0.3) is 10.2 Å². The highest BCUT2D eigenvalue weighted by molar-refractivity contribution is 7.17. The van der Waals surface area contributed by atoms with Crippen molar-refractivity contribution in [1.29, 1.82) is 0 Å². The molecule has 1 aromatic carbocycles. The highest BCUT2D eigenvalue weighted by Crippen LogP contribution is 2.27. The van der Waals surface area contributed by atoms with Gasteiger partial charge in [-0.1, -0.05) is 31.5 Å². The lowest BCUT2D eigenvalue weighted by atomic mass is 10.0. The molecule has 8 heteroatoms. The summed E-state index contributed by atoms with van der Waals surface area (Å²) in [4.78, 5) is 42.9. The van der Waals surface area contributed by atoms with Gasteiger partial charge in [-0.2, -0.15) is 0 Å². The lowest BCUT2D eigenvalue weighted by Crippen LogP contribution is -2.35. The number of nitrogens with zero attached hydrogens (tertiary/aromatic N) is 2. The molecule has 2 heterocycles. The van der Waals surface area contributed by atoms with Gasteiger partial charge in [-0.15, -0.1) is 11.3 Å². The van der Waals surface area contributed by atoms with Gasteiger partial charge in [0.25, 0.3) is 5.56 Å². The average molecular weight is 428 g/mol. The lowest BCUT2D eigenvalue weighted by Gasteiger charge is -2.22. The second kappa shape index (κ2) is 8.02. The van der Waals surface area contributed by atoms with Gasteiger partial charge in [-0.05, 0) is 38.8 Å². The molecule has 0 aliphatic carbocycles. The molecule has 30 heavy (non-hydrogen) atoms. The van der Waals surface area contributed by atoms with Crippen LogP contribution in [-0.2, 0) is 4.79 Å². The molecule has 1 unspecified atom stereocenters. The Bertz CT molecular complexity index is 1200. The normalized spacial score (nSPS) is 12.4. The molecule has 3 rings (SSSR count). The third-order valence-corrected chi connectivity index (χ3v) is 5.98. The van der Waals surface area contributed by atoms with Crippen molar-refractivity contribution in [2.75, 3.05) is 5.32 Å². The van der Waals surface area contributed by atoms with E-state index in [1.165, 1.54) is 9.95 Å². The third kappa shape index (κ3) is 3.75. The summed E-state index contributed by atoms with van der Waals surface area (Å²) in [6, 6.07) is 3.10. The smallest absolute Gasteiger partial charge is 0.337 e. The SMILES string of the molecule is Cc1cc(C)c(NC(=O)C(C)n2c(C(C)C)nc3scc(C(=O)O)c3c2=O)c(C)c1. The lowest BCUT2D eigenvalue weighted by molar-refractivity contribution is -0.119. The standard InChI is InChI=1S/C22H25N3O4S/c1-10(2)18-24-20-16(15(9-30-20)22(28)29)21(27)25(18)14(6)19(26)23-17-12(4)7-11(3)8-13(17)5/h7-10,14H,1-6H3,(H,23,26)(H,28,29). The predicted octanol–water partition coefficient (Wildman–Crippen LogP) is 4.40. The maximum atomic E-state index is 13.3. The van der Waals surface area contributed by atoms with E-state index in [2.05, 4.69) is 10.3 Å². The maximum Gasteiger partial charge on any atom is 0.337 e. The van der Waals surface area contributed by atoms with Crippen LogP contribution in [0.15, 0.2) is 22.3 Å². The number of thiophene rings is 1. The van der Waals surface area contributed by atoms with Crippen molar-refractivity contribution in [2.45, 2.75) is 53.5 Å². The van der Waals surface area contributed by atoms with Crippen molar-refractivity contribution in [2.24, 2.45) is 0 Å². The summed E-state index contributed by atoms with van der Waals surface area (Å²) < 4.78 is 1.32. The molecule has 7 nitrogen and oxygen atoms in total. The summed E-state index contributed by atoms with van der Waals surface area (Å²) in [5.41, 5.74) is 3.08. The summed E-state index contributed by atoms with van der Waals surface area (Å²) in [7, 11) is 0. The van der Waals surface area contributed by atoms with Crippen molar-refractivity contribution in [3.63, 3.8) is 0 Å². The Hall–Kier alpha value is -3.00. The summed E-state index contributed by atoms with van der Waals surface area (Å²) in [5, 5.41) is 13.8. The molecule has 2 aromatic heterocycles. The van der Waals surface area contributed by atoms with E-state index in [4.69, 9.17) is 0 Å². The highest BCUT2D eigenvalue weighted by atomic mass is 32.1. The number of anilines is 1. The van der Waals surface area contributed by atoms with Gasteiger partial charge in [0.15, 0.2) is 0 Å². The van der Waals surface area contributed by atoms with Gasteiger partial charge in [0.05, 0.1) is 10.9 Å². The van der Waals surface area contributed by atoms with Crippen LogP contribution in [0.2, 0.25) is 0 Å². The van der Waals surface area contributed by atoms with Crippen LogP contribution < -0.4 is 10.9 Å². The Morgan fingerprint density at radius 2 is 1.73 bits per heavy atom. The number of aromatic nitrogens is 2. The van der Waals surface area contributed by atoms with Crippen molar-refractivity contribution in [1.82, 2.24) is 9.55 Å². The van der Waals surface area contributed by atoms with E-state index >= 15 is 0 Å². The zero-order valence-electron chi connectivity index (χ0n) is 17.9. The molecule has 0 aliphatic heterocycles. The molecule has 0 radical (unpaired) electrons. The van der Waals surface area contributed by atoms with E-state index in [0.717, 1.165) is 28.0 Å². The molecule has 0 fully saturated rings. The number of amides is 1. The predicted molar refractivity (Wildman–Crippen MR) is 119 cm³/mol. The van der Waals surface area contributed by atoms with E-state index in [1.807, 2.05) is 46.8 Å². The first-order valence-corrected chi connectivity index (χ1v) is 10.6. The van der Waals surface area contributed by atoms with Crippen LogP contribution in [-0.4, -0.2) is 26.5 Å². The van der Waals surface area contributed by atoms with E-state index in [0.29, 0.717) is 16.3 Å². The number of carbonyl (C=O) groups is 2. The number of rotatable bonds is 5. The maximum absolute atomic E-state index is 13.3. The Labute approximate surface area is 178 Å². The topological polar surface area (TPSA) is 101 Å². The Morgan fingerprint density at radius 3 is 2.27 bits per heavy atom. The number of benzene rings is 1. The van der Waals surface area contributed by atoms with Crippen molar-refractivity contribution >= 4 is 39.1 Å². The first-order valence-electron chi connectivity index (χ1n) is 9.68. The van der Waals surface area contributed by atoms with Crippen LogP contribution in [0, 0.1) is 20.8 Å². The van der Waals surface area contributed by atoms with Gasteiger partial charge < -0.3 is 10.4 Å². The zero-order chi connectivity index (χ0) is 22.3. The number of carboxylic acid groups (broad SMARTS) is 1. The number of carboxylic acids is 1. The van der Waals surface area contributed by atoms with E-state index in [9.17, 15) is 19.5 Å². The minimum Gasteiger partial charge on any atom is -0.478 e. The molecular formula is C22H25N3O4S. The molecule has 158 valence electrons. The first-order chi connectivity index (χ1) is 14.0. The molecule has 2 N–H and O–H groups in total. The fourth-order valence-electron chi connectivity index (χ4n) is 3.68.